The predicted molar refractivity (Wildman–Crippen MR) is 68.9 cm³/mol. The van der Waals surface area contributed by atoms with Crippen LogP contribution < -0.4 is 4.90 Å². The SMILES string of the molecule is O=C1CC(S)CN1c1ccc(Cl)c(Br)c1. The molecule has 1 aromatic rings. The molecule has 0 saturated carbocycles. The zero-order valence-electron chi connectivity index (χ0n) is 7.78. The van der Waals surface area contributed by atoms with Crippen molar-refractivity contribution < 1.29 is 4.79 Å². The lowest BCUT2D eigenvalue weighted by Gasteiger charge is -2.16. The fraction of sp³-hybridized carbons (Fsp3) is 0.300. The molecule has 1 aromatic carbocycles. The van der Waals surface area contributed by atoms with Crippen LogP contribution in [0.3, 0.4) is 0 Å². The molecule has 1 saturated heterocycles. The number of amides is 1. The molecule has 0 aromatic heterocycles. The van der Waals surface area contributed by atoms with Crippen LogP contribution in [0.5, 0.6) is 0 Å². The first-order valence-electron chi connectivity index (χ1n) is 4.51. The zero-order valence-corrected chi connectivity index (χ0v) is 11.0. The smallest absolute Gasteiger partial charge is 0.228 e. The van der Waals surface area contributed by atoms with Crippen molar-refractivity contribution in [3.8, 4) is 0 Å². The molecule has 0 aliphatic carbocycles. The van der Waals surface area contributed by atoms with Crippen LogP contribution in [0.2, 0.25) is 5.02 Å². The summed E-state index contributed by atoms with van der Waals surface area (Å²) in [5, 5.41) is 0.778. The first-order chi connectivity index (χ1) is 7.08. The van der Waals surface area contributed by atoms with E-state index in [-0.39, 0.29) is 11.2 Å². The van der Waals surface area contributed by atoms with Gasteiger partial charge in [0.05, 0.1) is 5.02 Å². The molecule has 5 heteroatoms. The third-order valence-electron chi connectivity index (χ3n) is 2.32. The van der Waals surface area contributed by atoms with E-state index in [2.05, 4.69) is 28.6 Å². The standard InChI is InChI=1S/C10H9BrClNOS/c11-8-3-6(1-2-9(8)12)13-5-7(15)4-10(13)14/h1-3,7,15H,4-5H2. The Bertz CT molecular complexity index is 412. The van der Waals surface area contributed by atoms with Gasteiger partial charge in [0.2, 0.25) is 5.91 Å². The van der Waals surface area contributed by atoms with E-state index in [1.165, 1.54) is 0 Å². The van der Waals surface area contributed by atoms with Gasteiger partial charge in [-0.25, -0.2) is 0 Å². The van der Waals surface area contributed by atoms with Crippen LogP contribution in [0.1, 0.15) is 6.42 Å². The molecule has 0 bridgehead atoms. The van der Waals surface area contributed by atoms with E-state index in [1.807, 2.05) is 12.1 Å². The molecule has 2 nitrogen and oxygen atoms in total. The molecule has 1 atom stereocenters. The highest BCUT2D eigenvalue weighted by Gasteiger charge is 2.28. The molecular formula is C10H9BrClNOS. The lowest BCUT2D eigenvalue weighted by Crippen LogP contribution is -2.24. The lowest BCUT2D eigenvalue weighted by atomic mass is 10.3. The molecule has 1 amide bonds. The van der Waals surface area contributed by atoms with Crippen LogP contribution in [0.15, 0.2) is 22.7 Å². The molecule has 0 spiro atoms. The number of rotatable bonds is 1. The van der Waals surface area contributed by atoms with E-state index >= 15 is 0 Å². The fourth-order valence-electron chi connectivity index (χ4n) is 1.59. The number of carbonyl (C=O) groups is 1. The van der Waals surface area contributed by atoms with E-state index in [9.17, 15) is 4.79 Å². The van der Waals surface area contributed by atoms with Gasteiger partial charge in [-0.3, -0.25) is 4.79 Å². The molecule has 0 N–H and O–H groups in total. The summed E-state index contributed by atoms with van der Waals surface area (Å²) in [6.07, 6.45) is 0.503. The Kier molecular flexibility index (Phi) is 3.28. The fourth-order valence-corrected chi connectivity index (χ4v) is 2.39. The first kappa shape index (κ1) is 11.3. The lowest BCUT2D eigenvalue weighted by molar-refractivity contribution is -0.117. The average Bonchev–Trinajstić information content (AvgIpc) is 2.50. The van der Waals surface area contributed by atoms with Crippen molar-refractivity contribution in [2.75, 3.05) is 11.4 Å². The summed E-state index contributed by atoms with van der Waals surface area (Å²) in [4.78, 5) is 13.3. The highest BCUT2D eigenvalue weighted by molar-refractivity contribution is 9.10. The van der Waals surface area contributed by atoms with Crippen molar-refractivity contribution in [3.05, 3.63) is 27.7 Å². The number of halogens is 2. The van der Waals surface area contributed by atoms with Crippen LogP contribution in [0, 0.1) is 0 Å². The highest BCUT2D eigenvalue weighted by atomic mass is 79.9. The minimum atomic E-state index is 0.115. The number of anilines is 1. The summed E-state index contributed by atoms with van der Waals surface area (Å²) in [7, 11) is 0. The van der Waals surface area contributed by atoms with Gasteiger partial charge in [0, 0.05) is 28.4 Å². The van der Waals surface area contributed by atoms with E-state index in [1.54, 1.807) is 11.0 Å². The molecule has 1 aliphatic rings. The third kappa shape index (κ3) is 2.32. The van der Waals surface area contributed by atoms with Gasteiger partial charge in [0.15, 0.2) is 0 Å². The quantitative estimate of drug-likeness (QED) is 0.790. The van der Waals surface area contributed by atoms with Crippen LogP contribution in [-0.2, 0) is 4.79 Å². The predicted octanol–water partition coefficient (Wildman–Crippen LogP) is 3.14. The minimum Gasteiger partial charge on any atom is -0.311 e. The number of carbonyl (C=O) groups excluding carboxylic acids is 1. The summed E-state index contributed by atoms with van der Waals surface area (Å²) < 4.78 is 0.803. The molecule has 2 rings (SSSR count). The Morgan fingerprint density at radius 1 is 1.53 bits per heavy atom. The van der Waals surface area contributed by atoms with Crippen molar-refractivity contribution in [1.29, 1.82) is 0 Å². The maximum Gasteiger partial charge on any atom is 0.228 e. The number of hydrogen-bond acceptors (Lipinski definition) is 2. The van der Waals surface area contributed by atoms with Gasteiger partial charge in [-0.05, 0) is 34.1 Å². The Morgan fingerprint density at radius 2 is 2.27 bits per heavy atom. The molecule has 1 unspecified atom stereocenters. The van der Waals surface area contributed by atoms with Crippen LogP contribution in [0.25, 0.3) is 0 Å². The number of benzene rings is 1. The highest BCUT2D eigenvalue weighted by Crippen LogP contribution is 2.30. The summed E-state index contributed by atoms with van der Waals surface area (Å²) >= 11 is 13.5. The van der Waals surface area contributed by atoms with Crippen molar-refractivity contribution in [3.63, 3.8) is 0 Å². The van der Waals surface area contributed by atoms with Gasteiger partial charge < -0.3 is 4.90 Å². The second kappa shape index (κ2) is 4.36. The van der Waals surface area contributed by atoms with Gasteiger partial charge in [-0.1, -0.05) is 11.6 Å². The van der Waals surface area contributed by atoms with Crippen LogP contribution in [0.4, 0.5) is 5.69 Å². The topological polar surface area (TPSA) is 20.3 Å². The Morgan fingerprint density at radius 3 is 2.80 bits per heavy atom. The number of thiol groups is 1. The van der Waals surface area contributed by atoms with Gasteiger partial charge in [-0.2, -0.15) is 12.6 Å². The largest absolute Gasteiger partial charge is 0.311 e. The molecule has 1 fully saturated rings. The Hall–Kier alpha value is -0.190. The van der Waals surface area contributed by atoms with E-state index < -0.39 is 0 Å². The third-order valence-corrected chi connectivity index (χ3v) is 3.88. The zero-order chi connectivity index (χ0) is 11.0. The Labute approximate surface area is 107 Å². The van der Waals surface area contributed by atoms with E-state index in [0.29, 0.717) is 18.0 Å². The first-order valence-corrected chi connectivity index (χ1v) is 6.20. The number of nitrogens with zero attached hydrogens (tertiary/aromatic N) is 1. The maximum absolute atomic E-state index is 11.6. The Balaban J connectivity index is 2.30. The maximum atomic E-state index is 11.6. The summed E-state index contributed by atoms with van der Waals surface area (Å²) in [5.74, 6) is 0.115. The van der Waals surface area contributed by atoms with Crippen LogP contribution >= 0.6 is 40.2 Å². The van der Waals surface area contributed by atoms with E-state index in [4.69, 9.17) is 11.6 Å². The molecule has 15 heavy (non-hydrogen) atoms. The van der Waals surface area contributed by atoms with Crippen LogP contribution in [-0.4, -0.2) is 17.7 Å². The van der Waals surface area contributed by atoms with Crippen molar-refractivity contribution in [1.82, 2.24) is 0 Å². The van der Waals surface area contributed by atoms with Gasteiger partial charge in [0.1, 0.15) is 0 Å². The molecule has 80 valence electrons. The second-order valence-corrected chi connectivity index (χ2v) is 5.45. The van der Waals surface area contributed by atoms with Crippen molar-refractivity contribution in [2.45, 2.75) is 11.7 Å². The molecular weight excluding hydrogens is 298 g/mol. The molecule has 1 heterocycles. The van der Waals surface area contributed by atoms with Crippen molar-refractivity contribution in [2.24, 2.45) is 0 Å². The summed E-state index contributed by atoms with van der Waals surface area (Å²) in [6.45, 7) is 0.663. The monoisotopic (exact) mass is 305 g/mol. The van der Waals surface area contributed by atoms with Crippen molar-refractivity contribution >= 4 is 51.8 Å². The normalized spacial score (nSPS) is 21.1. The minimum absolute atomic E-state index is 0.115. The van der Waals surface area contributed by atoms with Gasteiger partial charge >= 0.3 is 0 Å². The summed E-state index contributed by atoms with van der Waals surface area (Å²) in [5.41, 5.74) is 0.868. The second-order valence-electron chi connectivity index (χ2n) is 3.46. The van der Waals surface area contributed by atoms with Gasteiger partial charge in [0.25, 0.3) is 0 Å². The van der Waals surface area contributed by atoms with Gasteiger partial charge in [-0.15, -0.1) is 0 Å². The number of hydrogen-bond donors (Lipinski definition) is 1. The summed E-state index contributed by atoms with van der Waals surface area (Å²) in [6, 6.07) is 5.48. The molecule has 1 aliphatic heterocycles. The average molecular weight is 307 g/mol. The molecule has 0 radical (unpaired) electrons. The van der Waals surface area contributed by atoms with E-state index in [0.717, 1.165) is 10.2 Å².